The van der Waals surface area contributed by atoms with Gasteiger partial charge in [0.15, 0.2) is 5.92 Å². The molecule has 1 amide bonds. The molecule has 2 heterocycles. The van der Waals surface area contributed by atoms with Crippen LogP contribution in [0.3, 0.4) is 0 Å². The number of β-lactam (4-membered cyclic amide) rings is 1. The van der Waals surface area contributed by atoms with Gasteiger partial charge in [-0.15, -0.1) is 0 Å². The first kappa shape index (κ1) is 9.91. The molecule has 0 aromatic heterocycles. The summed E-state index contributed by atoms with van der Waals surface area (Å²) in [5, 5.41) is 17.4. The summed E-state index contributed by atoms with van der Waals surface area (Å²) in [6.45, 7) is 0.0484. The molecule has 2 fully saturated rings. The van der Waals surface area contributed by atoms with Crippen LogP contribution in [0.2, 0.25) is 0 Å². The van der Waals surface area contributed by atoms with Crippen molar-refractivity contribution >= 4 is 17.8 Å². The maximum atomic E-state index is 11.0. The normalized spacial score (nSPS) is 28.9. The van der Waals surface area contributed by atoms with Gasteiger partial charge < -0.3 is 19.8 Å². The maximum absolute atomic E-state index is 11.0. The fourth-order valence-electron chi connectivity index (χ4n) is 1.81. The topological polar surface area (TPSA) is 104 Å². The van der Waals surface area contributed by atoms with Crippen molar-refractivity contribution in [2.24, 2.45) is 5.92 Å². The molecule has 0 aromatic rings. The van der Waals surface area contributed by atoms with Crippen molar-refractivity contribution in [3.8, 4) is 0 Å². The van der Waals surface area contributed by atoms with Gasteiger partial charge in [-0.05, 0) is 0 Å². The van der Waals surface area contributed by atoms with Crippen LogP contribution in [0.15, 0.2) is 0 Å². The Morgan fingerprint density at radius 2 is 2.00 bits per heavy atom. The van der Waals surface area contributed by atoms with E-state index in [0.29, 0.717) is 0 Å². The van der Waals surface area contributed by atoms with Crippen LogP contribution in [0.1, 0.15) is 6.42 Å². The average molecular weight is 215 g/mol. The fourth-order valence-corrected chi connectivity index (χ4v) is 1.81. The van der Waals surface area contributed by atoms with Crippen LogP contribution in [-0.2, 0) is 19.1 Å². The number of carbonyl (C=O) groups excluding carboxylic acids is 1. The standard InChI is InChI=1S/C8H9NO6/c10-4-1-5-9(4)2-3(15-5)6(7(11)12)8(13)14/h3,5-6H,1-2H2,(H,11,12)(H,13,14). The molecule has 2 N–H and O–H groups in total. The van der Waals surface area contributed by atoms with E-state index in [0.717, 1.165) is 0 Å². The Morgan fingerprint density at radius 3 is 2.40 bits per heavy atom. The third-order valence-electron chi connectivity index (χ3n) is 2.63. The molecule has 7 heteroatoms. The monoisotopic (exact) mass is 215 g/mol. The number of hydrogen-bond acceptors (Lipinski definition) is 4. The molecular formula is C8H9NO6. The highest BCUT2D eigenvalue weighted by Gasteiger charge is 2.50. The highest BCUT2D eigenvalue weighted by atomic mass is 16.5. The second kappa shape index (κ2) is 3.20. The van der Waals surface area contributed by atoms with Crippen LogP contribution in [-0.4, -0.2) is 51.8 Å². The second-order valence-corrected chi connectivity index (χ2v) is 3.53. The minimum atomic E-state index is -1.61. The van der Waals surface area contributed by atoms with E-state index in [9.17, 15) is 14.4 Å². The summed E-state index contributed by atoms with van der Waals surface area (Å²) in [5.41, 5.74) is 0. The number of fused-ring (bicyclic) bond motifs is 1. The van der Waals surface area contributed by atoms with Gasteiger partial charge in [-0.25, -0.2) is 0 Å². The number of hydrogen-bond donors (Lipinski definition) is 2. The first-order chi connectivity index (χ1) is 7.00. The van der Waals surface area contributed by atoms with Gasteiger partial charge in [-0.2, -0.15) is 0 Å². The number of carboxylic acids is 2. The Kier molecular flexibility index (Phi) is 2.11. The van der Waals surface area contributed by atoms with Crippen LogP contribution < -0.4 is 0 Å². The number of nitrogens with zero attached hydrogens (tertiary/aromatic N) is 1. The molecule has 15 heavy (non-hydrogen) atoms. The van der Waals surface area contributed by atoms with Gasteiger partial charge in [0.2, 0.25) is 5.91 Å². The van der Waals surface area contributed by atoms with Crippen molar-refractivity contribution in [2.75, 3.05) is 6.54 Å². The zero-order valence-electron chi connectivity index (χ0n) is 7.62. The van der Waals surface area contributed by atoms with Crippen LogP contribution in [0.5, 0.6) is 0 Å². The predicted molar refractivity (Wildman–Crippen MR) is 43.8 cm³/mol. The van der Waals surface area contributed by atoms with Gasteiger partial charge in [0.05, 0.1) is 13.0 Å². The quantitative estimate of drug-likeness (QED) is 0.449. The molecule has 2 rings (SSSR count). The number of amides is 1. The van der Waals surface area contributed by atoms with Crippen molar-refractivity contribution < 1.29 is 29.3 Å². The summed E-state index contributed by atoms with van der Waals surface area (Å²) in [5.74, 6) is -4.62. The van der Waals surface area contributed by atoms with E-state index in [1.807, 2.05) is 0 Å². The third kappa shape index (κ3) is 1.44. The lowest BCUT2D eigenvalue weighted by molar-refractivity contribution is -0.164. The van der Waals surface area contributed by atoms with Crippen LogP contribution >= 0.6 is 0 Å². The van der Waals surface area contributed by atoms with Gasteiger partial charge in [-0.1, -0.05) is 0 Å². The maximum Gasteiger partial charge on any atom is 0.320 e. The van der Waals surface area contributed by atoms with Crippen LogP contribution in [0.4, 0.5) is 0 Å². The molecule has 2 aliphatic rings. The summed E-state index contributed by atoms with van der Waals surface area (Å²) in [6.07, 6.45) is -1.16. The van der Waals surface area contributed by atoms with E-state index < -0.39 is 30.2 Å². The van der Waals surface area contributed by atoms with Gasteiger partial charge >= 0.3 is 11.9 Å². The first-order valence-electron chi connectivity index (χ1n) is 4.41. The van der Waals surface area contributed by atoms with Gasteiger partial charge in [-0.3, -0.25) is 14.4 Å². The number of carbonyl (C=O) groups is 3. The number of carboxylic acid groups (broad SMARTS) is 2. The molecule has 2 unspecified atom stereocenters. The molecule has 2 aliphatic heterocycles. The minimum absolute atomic E-state index is 0.0484. The zero-order chi connectivity index (χ0) is 11.2. The lowest BCUT2D eigenvalue weighted by Crippen LogP contribution is -2.48. The summed E-state index contributed by atoms with van der Waals surface area (Å²) in [7, 11) is 0. The zero-order valence-corrected chi connectivity index (χ0v) is 7.62. The highest BCUT2D eigenvalue weighted by Crippen LogP contribution is 2.31. The van der Waals surface area contributed by atoms with Crippen molar-refractivity contribution in [1.82, 2.24) is 4.90 Å². The van der Waals surface area contributed by atoms with E-state index in [-0.39, 0.29) is 18.9 Å². The minimum Gasteiger partial charge on any atom is -0.481 e. The van der Waals surface area contributed by atoms with Crippen LogP contribution in [0.25, 0.3) is 0 Å². The molecule has 0 spiro atoms. The molecule has 0 bridgehead atoms. The molecule has 7 nitrogen and oxygen atoms in total. The summed E-state index contributed by atoms with van der Waals surface area (Å²) in [6, 6.07) is 0. The second-order valence-electron chi connectivity index (χ2n) is 3.53. The molecule has 0 aromatic carbocycles. The number of aliphatic carboxylic acids is 2. The lowest BCUT2D eigenvalue weighted by Gasteiger charge is -2.31. The van der Waals surface area contributed by atoms with Crippen molar-refractivity contribution in [3.05, 3.63) is 0 Å². The molecule has 2 atom stereocenters. The van der Waals surface area contributed by atoms with Crippen molar-refractivity contribution in [2.45, 2.75) is 18.8 Å². The van der Waals surface area contributed by atoms with E-state index >= 15 is 0 Å². The Morgan fingerprint density at radius 1 is 1.40 bits per heavy atom. The Balaban J connectivity index is 2.08. The molecule has 0 saturated carbocycles. The van der Waals surface area contributed by atoms with Crippen molar-refractivity contribution in [3.63, 3.8) is 0 Å². The Bertz CT molecular complexity index is 326. The average Bonchev–Trinajstić information content (AvgIpc) is 2.42. The van der Waals surface area contributed by atoms with Gasteiger partial charge in [0.25, 0.3) is 0 Å². The Hall–Kier alpha value is -1.63. The van der Waals surface area contributed by atoms with E-state index in [4.69, 9.17) is 14.9 Å². The SMILES string of the molecule is O=C(O)C(C(=O)O)C1CN2C(=O)CC2O1. The van der Waals surface area contributed by atoms with E-state index in [2.05, 4.69) is 0 Å². The lowest BCUT2D eigenvalue weighted by atomic mass is 10.0. The number of rotatable bonds is 3. The third-order valence-corrected chi connectivity index (χ3v) is 2.63. The molecule has 0 radical (unpaired) electrons. The van der Waals surface area contributed by atoms with E-state index in [1.54, 1.807) is 0 Å². The molecule has 2 saturated heterocycles. The summed E-state index contributed by atoms with van der Waals surface area (Å²) >= 11 is 0. The molecular weight excluding hydrogens is 206 g/mol. The van der Waals surface area contributed by atoms with Crippen molar-refractivity contribution in [1.29, 1.82) is 0 Å². The largest absolute Gasteiger partial charge is 0.481 e. The van der Waals surface area contributed by atoms with Crippen LogP contribution in [0, 0.1) is 5.92 Å². The summed E-state index contributed by atoms with van der Waals surface area (Å²) < 4.78 is 5.16. The van der Waals surface area contributed by atoms with E-state index in [1.165, 1.54) is 4.90 Å². The smallest absolute Gasteiger partial charge is 0.320 e. The Labute approximate surface area is 84.2 Å². The molecule has 0 aliphatic carbocycles. The highest BCUT2D eigenvalue weighted by molar-refractivity contribution is 5.94. The molecule has 82 valence electrons. The predicted octanol–water partition coefficient (Wildman–Crippen LogP) is -1.27. The fraction of sp³-hybridized carbons (Fsp3) is 0.625. The summed E-state index contributed by atoms with van der Waals surface area (Å²) in [4.78, 5) is 33.7. The van der Waals surface area contributed by atoms with Gasteiger partial charge in [0.1, 0.15) is 12.3 Å². The van der Waals surface area contributed by atoms with Gasteiger partial charge in [0, 0.05) is 0 Å². The number of ether oxygens (including phenoxy) is 1. The first-order valence-corrected chi connectivity index (χ1v) is 4.41.